The number of pyridine rings is 1. The second-order valence-electron chi connectivity index (χ2n) is 3.54. The highest BCUT2D eigenvalue weighted by molar-refractivity contribution is 14.1. The number of esters is 1. The number of carbonyl (C=O) groups excluding carboxylic acids is 1. The fraction of sp³-hybridized carbons (Fsp3) is 0.455. The molecule has 1 heterocycles. The van der Waals surface area contributed by atoms with E-state index in [1.54, 1.807) is 6.92 Å². The molecule has 0 aliphatic rings. The first-order chi connectivity index (χ1) is 9.28. The van der Waals surface area contributed by atoms with Crippen molar-refractivity contribution in [2.24, 2.45) is 0 Å². The van der Waals surface area contributed by atoms with Crippen LogP contribution >= 0.6 is 22.6 Å². The van der Waals surface area contributed by atoms with Gasteiger partial charge in [-0.1, -0.05) is 0 Å². The van der Waals surface area contributed by atoms with E-state index in [1.807, 2.05) is 0 Å². The van der Waals surface area contributed by atoms with Gasteiger partial charge < -0.3 is 9.47 Å². The summed E-state index contributed by atoms with van der Waals surface area (Å²) in [6, 6.07) is 0. The van der Waals surface area contributed by atoms with E-state index in [2.05, 4.69) is 14.5 Å². The first kappa shape index (κ1) is 16.9. The quantitative estimate of drug-likeness (QED) is 0.428. The number of ether oxygens (including phenoxy) is 2. The zero-order valence-corrected chi connectivity index (χ0v) is 12.4. The molecule has 1 aromatic heterocycles. The molecule has 0 atom stereocenters. The maximum Gasteiger partial charge on any atom is 0.573 e. The molecule has 0 saturated carbocycles. The summed E-state index contributed by atoms with van der Waals surface area (Å²) >= 11 is 1.50. The summed E-state index contributed by atoms with van der Waals surface area (Å²) in [6.07, 6.45) is -4.40. The molecule has 0 aliphatic heterocycles. The lowest BCUT2D eigenvalue weighted by Gasteiger charge is -2.15. The minimum absolute atomic E-state index is 0.0986. The van der Waals surface area contributed by atoms with Crippen LogP contribution in [0.5, 0.6) is 5.75 Å². The van der Waals surface area contributed by atoms with Crippen molar-refractivity contribution in [3.05, 3.63) is 21.0 Å². The SMILES string of the molecule is CCOC(=O)Cc1cnc(CF)c(I)c1OC(F)(F)F. The summed E-state index contributed by atoms with van der Waals surface area (Å²) in [5.74, 6) is -1.33. The van der Waals surface area contributed by atoms with Crippen LogP contribution in [-0.4, -0.2) is 23.9 Å². The summed E-state index contributed by atoms with van der Waals surface area (Å²) in [6.45, 7) is 0.632. The molecule has 20 heavy (non-hydrogen) atoms. The predicted octanol–water partition coefficient (Wildman–Crippen LogP) is 3.16. The van der Waals surface area contributed by atoms with E-state index in [-0.39, 0.29) is 21.4 Å². The molecule has 0 unspecified atom stereocenters. The van der Waals surface area contributed by atoms with Crippen LogP contribution in [-0.2, 0) is 22.6 Å². The second-order valence-corrected chi connectivity index (χ2v) is 4.62. The van der Waals surface area contributed by atoms with Crippen molar-refractivity contribution in [3.63, 3.8) is 0 Å². The van der Waals surface area contributed by atoms with Crippen molar-refractivity contribution in [1.82, 2.24) is 4.98 Å². The van der Waals surface area contributed by atoms with Crippen molar-refractivity contribution in [2.45, 2.75) is 26.4 Å². The van der Waals surface area contributed by atoms with E-state index in [9.17, 15) is 22.4 Å². The van der Waals surface area contributed by atoms with Crippen LogP contribution in [0.25, 0.3) is 0 Å². The maximum atomic E-state index is 12.6. The Morgan fingerprint density at radius 2 is 2.10 bits per heavy atom. The molecule has 0 saturated heterocycles. The minimum Gasteiger partial charge on any atom is -0.466 e. The Bertz CT molecular complexity index is 493. The van der Waals surface area contributed by atoms with Crippen LogP contribution in [0.3, 0.4) is 0 Å². The highest BCUT2D eigenvalue weighted by atomic mass is 127. The molecule has 0 bridgehead atoms. The molecular weight excluding hydrogens is 397 g/mol. The van der Waals surface area contributed by atoms with Gasteiger partial charge in [-0.25, -0.2) is 4.39 Å². The number of hydrogen-bond donors (Lipinski definition) is 0. The first-order valence-electron chi connectivity index (χ1n) is 5.42. The van der Waals surface area contributed by atoms with E-state index in [0.717, 1.165) is 6.20 Å². The van der Waals surface area contributed by atoms with Gasteiger partial charge >= 0.3 is 12.3 Å². The number of aromatic nitrogens is 1. The average Bonchev–Trinajstić information content (AvgIpc) is 2.33. The molecule has 1 aromatic rings. The van der Waals surface area contributed by atoms with Gasteiger partial charge in [0.05, 0.1) is 22.3 Å². The lowest BCUT2D eigenvalue weighted by molar-refractivity contribution is -0.275. The van der Waals surface area contributed by atoms with Crippen LogP contribution in [0.2, 0.25) is 0 Å². The molecular formula is C11H10F4INO3. The summed E-state index contributed by atoms with van der Waals surface area (Å²) in [7, 11) is 0. The topological polar surface area (TPSA) is 48.4 Å². The Hall–Kier alpha value is -1.13. The summed E-state index contributed by atoms with van der Waals surface area (Å²) < 4.78 is 58.1. The normalized spacial score (nSPS) is 11.3. The van der Waals surface area contributed by atoms with Gasteiger partial charge in [0.1, 0.15) is 12.4 Å². The molecule has 0 aromatic carbocycles. The highest BCUT2D eigenvalue weighted by Gasteiger charge is 2.34. The van der Waals surface area contributed by atoms with Gasteiger partial charge in [0.15, 0.2) is 0 Å². The summed E-state index contributed by atoms with van der Waals surface area (Å²) in [4.78, 5) is 15.0. The second kappa shape index (κ2) is 7.04. The minimum atomic E-state index is -4.95. The Labute approximate surface area is 125 Å². The fourth-order valence-electron chi connectivity index (χ4n) is 1.36. The van der Waals surface area contributed by atoms with Gasteiger partial charge in [-0.05, 0) is 29.5 Å². The van der Waals surface area contributed by atoms with E-state index in [4.69, 9.17) is 0 Å². The molecule has 0 N–H and O–H groups in total. The smallest absolute Gasteiger partial charge is 0.466 e. The Morgan fingerprint density at radius 1 is 1.45 bits per heavy atom. The molecule has 0 fully saturated rings. The van der Waals surface area contributed by atoms with Gasteiger partial charge in [0.25, 0.3) is 0 Å². The molecule has 0 amide bonds. The lowest BCUT2D eigenvalue weighted by atomic mass is 10.1. The zero-order valence-electron chi connectivity index (χ0n) is 10.3. The molecule has 1 rings (SSSR count). The van der Waals surface area contributed by atoms with Gasteiger partial charge in [-0.2, -0.15) is 0 Å². The lowest BCUT2D eigenvalue weighted by Crippen LogP contribution is -2.20. The van der Waals surface area contributed by atoms with Crippen LogP contribution in [0, 0.1) is 3.57 Å². The van der Waals surface area contributed by atoms with Crippen molar-refractivity contribution < 1.29 is 31.8 Å². The predicted molar refractivity (Wildman–Crippen MR) is 68.8 cm³/mol. The van der Waals surface area contributed by atoms with Gasteiger partial charge in [-0.15, -0.1) is 13.2 Å². The average molecular weight is 407 g/mol. The number of alkyl halides is 4. The maximum absolute atomic E-state index is 12.6. The number of nitrogens with zero attached hydrogens (tertiary/aromatic N) is 1. The molecule has 9 heteroatoms. The Balaban J connectivity index is 3.15. The van der Waals surface area contributed by atoms with Crippen molar-refractivity contribution in [1.29, 1.82) is 0 Å². The highest BCUT2D eigenvalue weighted by Crippen LogP contribution is 2.33. The molecule has 0 radical (unpaired) electrons. The van der Waals surface area contributed by atoms with Crippen molar-refractivity contribution in [2.75, 3.05) is 6.61 Å². The van der Waals surface area contributed by atoms with Crippen LogP contribution in [0.1, 0.15) is 18.2 Å². The number of carbonyl (C=O) groups is 1. The zero-order chi connectivity index (χ0) is 15.3. The monoisotopic (exact) mass is 407 g/mol. The summed E-state index contributed by atoms with van der Waals surface area (Å²) in [5.41, 5.74) is -0.292. The van der Waals surface area contributed by atoms with Gasteiger partial charge in [0.2, 0.25) is 0 Å². The van der Waals surface area contributed by atoms with Gasteiger partial charge in [-0.3, -0.25) is 9.78 Å². The largest absolute Gasteiger partial charge is 0.573 e. The van der Waals surface area contributed by atoms with Crippen molar-refractivity contribution in [3.8, 4) is 5.75 Å². The standard InChI is InChI=1S/C11H10F4INO3/c1-2-19-8(18)3-6-5-17-7(4-12)9(16)10(6)20-11(13,14)15/h5H,2-4H2,1H3. The van der Waals surface area contributed by atoms with E-state index in [0.29, 0.717) is 0 Å². The molecule has 4 nitrogen and oxygen atoms in total. The first-order valence-corrected chi connectivity index (χ1v) is 6.50. The van der Waals surface area contributed by atoms with Crippen molar-refractivity contribution >= 4 is 28.6 Å². The third-order valence-corrected chi connectivity index (χ3v) is 3.22. The number of hydrogen-bond acceptors (Lipinski definition) is 4. The molecule has 0 spiro atoms. The van der Waals surface area contributed by atoms with Crippen LogP contribution in [0.4, 0.5) is 17.6 Å². The van der Waals surface area contributed by atoms with E-state index >= 15 is 0 Å². The molecule has 112 valence electrons. The van der Waals surface area contributed by atoms with E-state index in [1.165, 1.54) is 22.6 Å². The van der Waals surface area contributed by atoms with Crippen LogP contribution in [0.15, 0.2) is 6.20 Å². The fourth-order valence-corrected chi connectivity index (χ4v) is 2.10. The number of halogens is 5. The van der Waals surface area contributed by atoms with Crippen LogP contribution < -0.4 is 4.74 Å². The molecule has 0 aliphatic carbocycles. The van der Waals surface area contributed by atoms with Gasteiger partial charge in [0, 0.05) is 11.8 Å². The van der Waals surface area contributed by atoms with E-state index < -0.39 is 31.2 Å². The number of rotatable bonds is 5. The Kier molecular flexibility index (Phi) is 5.96. The third-order valence-electron chi connectivity index (χ3n) is 2.11. The summed E-state index contributed by atoms with van der Waals surface area (Å²) in [5, 5.41) is 0. The Morgan fingerprint density at radius 3 is 2.60 bits per heavy atom. The third kappa shape index (κ3) is 4.76.